The van der Waals surface area contributed by atoms with Crippen molar-refractivity contribution >= 4 is 28.8 Å². The lowest BCUT2D eigenvalue weighted by atomic mass is 9.99. The summed E-state index contributed by atoms with van der Waals surface area (Å²) in [5.74, 6) is 0.494. The predicted molar refractivity (Wildman–Crippen MR) is 139 cm³/mol. The average Bonchev–Trinajstić information content (AvgIpc) is 3.50. The van der Waals surface area contributed by atoms with Crippen molar-refractivity contribution in [1.29, 1.82) is 0 Å². The number of methoxy groups -OCH3 is 1. The number of ether oxygens (including phenoxy) is 3. The number of benzene rings is 2. The van der Waals surface area contributed by atoms with Crippen LogP contribution in [0.25, 0.3) is 5.76 Å². The molecule has 2 heterocycles. The molecular weight excluding hydrogens is 478 g/mol. The van der Waals surface area contributed by atoms with Crippen LogP contribution in [-0.2, 0) is 9.59 Å². The number of likely N-dealkylation sites (tertiary alicyclic amines) is 1. The van der Waals surface area contributed by atoms with E-state index in [4.69, 9.17) is 14.2 Å². The predicted octanol–water partition coefficient (Wildman–Crippen LogP) is 5.35. The Morgan fingerprint density at radius 3 is 2.42 bits per heavy atom. The molecule has 8 heteroatoms. The number of aliphatic hydroxyl groups excluding tert-OH is 1. The molecule has 1 atom stereocenters. The smallest absolute Gasteiger partial charge is 0.295 e. The summed E-state index contributed by atoms with van der Waals surface area (Å²) >= 11 is 1.43. The van der Waals surface area contributed by atoms with Crippen molar-refractivity contribution in [3.8, 4) is 17.2 Å². The molecular formula is C28H29NO6S. The second kappa shape index (κ2) is 11.3. The lowest BCUT2D eigenvalue weighted by molar-refractivity contribution is -0.140. The second-order valence-corrected chi connectivity index (χ2v) is 9.34. The number of Topliss-reactive ketones (excluding diaryl/α,β-unsaturated/α-hetero) is 1. The van der Waals surface area contributed by atoms with E-state index in [1.54, 1.807) is 49.6 Å². The maximum atomic E-state index is 13.1. The van der Waals surface area contributed by atoms with Gasteiger partial charge in [-0.1, -0.05) is 13.0 Å². The zero-order chi connectivity index (χ0) is 25.7. The second-order valence-electron chi connectivity index (χ2n) is 8.36. The van der Waals surface area contributed by atoms with Gasteiger partial charge in [-0.2, -0.15) is 0 Å². The molecule has 4 rings (SSSR count). The fourth-order valence-corrected chi connectivity index (χ4v) is 4.96. The summed E-state index contributed by atoms with van der Waals surface area (Å²) in [6.45, 7) is 4.87. The van der Waals surface area contributed by atoms with Gasteiger partial charge in [0, 0.05) is 10.4 Å². The highest BCUT2D eigenvalue weighted by molar-refractivity contribution is 7.10. The lowest BCUT2D eigenvalue weighted by Crippen LogP contribution is -2.33. The summed E-state index contributed by atoms with van der Waals surface area (Å²) in [5, 5.41) is 13.1. The first-order valence-corrected chi connectivity index (χ1v) is 12.6. The highest BCUT2D eigenvalue weighted by Gasteiger charge is 2.46. The minimum atomic E-state index is -0.709. The van der Waals surface area contributed by atoms with E-state index in [2.05, 4.69) is 0 Å². The van der Waals surface area contributed by atoms with E-state index in [1.165, 1.54) is 16.2 Å². The van der Waals surface area contributed by atoms with Gasteiger partial charge in [-0.15, -0.1) is 11.3 Å². The maximum Gasteiger partial charge on any atom is 0.295 e. The molecule has 0 spiro atoms. The number of carbonyl (C=O) groups is 2. The minimum absolute atomic E-state index is 0.0773. The molecule has 2 aromatic carbocycles. The van der Waals surface area contributed by atoms with E-state index < -0.39 is 17.7 Å². The number of hydrogen-bond acceptors (Lipinski definition) is 7. The standard InChI is InChI=1S/C28H29NO6S/c1-4-14-35-22-12-7-19(17-18(22)2)26(30)24-25(23-6-5-16-36-23)29(28(32)27(24)31)13-15-34-21-10-8-20(33-3)9-11-21/h5-12,16-17,25,30H,4,13-15H2,1-3H3/b26-24-. The molecule has 1 aliphatic heterocycles. The van der Waals surface area contributed by atoms with Crippen molar-refractivity contribution in [2.24, 2.45) is 0 Å². The third kappa shape index (κ3) is 5.23. The number of thiophene rings is 1. The topological polar surface area (TPSA) is 85.3 Å². The molecule has 188 valence electrons. The molecule has 36 heavy (non-hydrogen) atoms. The summed E-state index contributed by atoms with van der Waals surface area (Å²) in [7, 11) is 1.59. The van der Waals surface area contributed by atoms with Crippen LogP contribution >= 0.6 is 11.3 Å². The Labute approximate surface area is 214 Å². The number of amides is 1. The number of aliphatic hydroxyl groups is 1. The van der Waals surface area contributed by atoms with Crippen molar-refractivity contribution < 1.29 is 28.9 Å². The SMILES string of the molecule is CCCOc1ccc(/C(O)=C2/C(=O)C(=O)N(CCOc3ccc(OC)cc3)C2c2cccs2)cc1C. The highest BCUT2D eigenvalue weighted by atomic mass is 32.1. The first-order chi connectivity index (χ1) is 17.4. The first-order valence-electron chi connectivity index (χ1n) is 11.8. The van der Waals surface area contributed by atoms with Gasteiger partial charge in [0.15, 0.2) is 0 Å². The fraction of sp³-hybridized carbons (Fsp3) is 0.286. The van der Waals surface area contributed by atoms with E-state index in [0.29, 0.717) is 23.7 Å². The number of hydrogen-bond donors (Lipinski definition) is 1. The zero-order valence-corrected chi connectivity index (χ0v) is 21.3. The van der Waals surface area contributed by atoms with Crippen molar-refractivity contribution in [2.45, 2.75) is 26.3 Å². The van der Waals surface area contributed by atoms with Gasteiger partial charge in [-0.25, -0.2) is 0 Å². The highest BCUT2D eigenvalue weighted by Crippen LogP contribution is 2.41. The van der Waals surface area contributed by atoms with Crippen LogP contribution in [0.5, 0.6) is 17.2 Å². The largest absolute Gasteiger partial charge is 0.507 e. The third-order valence-corrected chi connectivity index (χ3v) is 6.85. The molecule has 1 aromatic heterocycles. The van der Waals surface area contributed by atoms with Crippen LogP contribution in [-0.4, -0.2) is 48.6 Å². The number of nitrogens with zero attached hydrogens (tertiary/aromatic N) is 1. The van der Waals surface area contributed by atoms with E-state index in [9.17, 15) is 14.7 Å². The Morgan fingerprint density at radius 2 is 1.78 bits per heavy atom. The molecule has 1 fully saturated rings. The quantitative estimate of drug-likeness (QED) is 0.226. The van der Waals surface area contributed by atoms with Gasteiger partial charge >= 0.3 is 0 Å². The molecule has 7 nitrogen and oxygen atoms in total. The molecule has 1 amide bonds. The molecule has 0 aliphatic carbocycles. The van der Waals surface area contributed by atoms with Crippen LogP contribution in [0.15, 0.2) is 65.6 Å². The van der Waals surface area contributed by atoms with E-state index >= 15 is 0 Å². The number of aryl methyl sites for hydroxylation is 1. The first kappa shape index (κ1) is 25.3. The molecule has 1 N–H and O–H groups in total. The molecule has 3 aromatic rings. The summed E-state index contributed by atoms with van der Waals surface area (Å²) in [4.78, 5) is 28.5. The third-order valence-electron chi connectivity index (χ3n) is 5.92. The van der Waals surface area contributed by atoms with Crippen molar-refractivity contribution in [3.05, 3.63) is 81.6 Å². The Morgan fingerprint density at radius 1 is 1.03 bits per heavy atom. The maximum absolute atomic E-state index is 13.1. The Balaban J connectivity index is 1.61. The van der Waals surface area contributed by atoms with Crippen LogP contribution in [0.3, 0.4) is 0 Å². The average molecular weight is 508 g/mol. The van der Waals surface area contributed by atoms with Crippen molar-refractivity contribution in [3.63, 3.8) is 0 Å². The summed E-state index contributed by atoms with van der Waals surface area (Å²) < 4.78 is 16.7. The molecule has 1 aliphatic rings. The van der Waals surface area contributed by atoms with Gasteiger partial charge in [0.05, 0.1) is 31.9 Å². The van der Waals surface area contributed by atoms with Crippen LogP contribution in [0.2, 0.25) is 0 Å². The Hall–Kier alpha value is -3.78. The summed E-state index contributed by atoms with van der Waals surface area (Å²) in [6, 6.07) is 15.4. The van der Waals surface area contributed by atoms with Gasteiger partial charge in [0.1, 0.15) is 29.6 Å². The van der Waals surface area contributed by atoms with Gasteiger partial charge in [-0.3, -0.25) is 9.59 Å². The van der Waals surface area contributed by atoms with E-state index in [1.807, 2.05) is 31.4 Å². The zero-order valence-electron chi connectivity index (χ0n) is 20.5. The van der Waals surface area contributed by atoms with Gasteiger partial charge in [0.2, 0.25) is 0 Å². The molecule has 0 saturated carbocycles. The minimum Gasteiger partial charge on any atom is -0.507 e. The molecule has 0 radical (unpaired) electrons. The fourth-order valence-electron chi connectivity index (χ4n) is 4.11. The van der Waals surface area contributed by atoms with Gasteiger partial charge < -0.3 is 24.2 Å². The van der Waals surface area contributed by atoms with Gasteiger partial charge in [0.25, 0.3) is 11.7 Å². The van der Waals surface area contributed by atoms with E-state index in [-0.39, 0.29) is 24.5 Å². The molecule has 1 unspecified atom stereocenters. The van der Waals surface area contributed by atoms with Gasteiger partial charge in [-0.05, 0) is 72.8 Å². The van der Waals surface area contributed by atoms with Crippen LogP contribution in [0.4, 0.5) is 0 Å². The van der Waals surface area contributed by atoms with Crippen molar-refractivity contribution in [2.75, 3.05) is 26.9 Å². The lowest BCUT2D eigenvalue weighted by Gasteiger charge is -2.24. The monoisotopic (exact) mass is 507 g/mol. The Kier molecular flexibility index (Phi) is 7.95. The van der Waals surface area contributed by atoms with Crippen LogP contribution in [0.1, 0.15) is 35.4 Å². The molecule has 1 saturated heterocycles. The van der Waals surface area contributed by atoms with Crippen LogP contribution < -0.4 is 14.2 Å². The summed E-state index contributed by atoms with van der Waals surface area (Å²) in [6.07, 6.45) is 0.883. The van der Waals surface area contributed by atoms with E-state index in [0.717, 1.165) is 22.6 Å². The van der Waals surface area contributed by atoms with Crippen LogP contribution in [0, 0.1) is 6.92 Å². The Bertz CT molecular complexity index is 1250. The number of carbonyl (C=O) groups excluding carboxylic acids is 2. The summed E-state index contributed by atoms with van der Waals surface area (Å²) in [5.41, 5.74) is 1.38. The van der Waals surface area contributed by atoms with Crippen molar-refractivity contribution in [1.82, 2.24) is 4.90 Å². The number of ketones is 1. The normalized spacial score (nSPS) is 16.9. The molecule has 0 bridgehead atoms. The number of rotatable bonds is 10.